The van der Waals surface area contributed by atoms with Gasteiger partial charge in [0.25, 0.3) is 5.91 Å². The normalized spacial score (nSPS) is 15.3. The van der Waals surface area contributed by atoms with Gasteiger partial charge in [-0.15, -0.1) is 0 Å². The lowest BCUT2D eigenvalue weighted by molar-refractivity contribution is -0.162. The summed E-state index contributed by atoms with van der Waals surface area (Å²) < 4.78 is 10.9. The molecule has 0 spiro atoms. The minimum atomic E-state index is -0.925. The fourth-order valence-electron chi connectivity index (χ4n) is 2.98. The monoisotopic (exact) mass is 353 g/mol. The van der Waals surface area contributed by atoms with Crippen molar-refractivity contribution in [3.8, 4) is 0 Å². The molecular formula is C21H23NO4. The highest BCUT2D eigenvalue weighted by atomic mass is 16.5. The first-order valence-electron chi connectivity index (χ1n) is 8.80. The van der Waals surface area contributed by atoms with Crippen molar-refractivity contribution >= 4 is 11.9 Å². The lowest BCUT2D eigenvalue weighted by Crippen LogP contribution is -2.44. The summed E-state index contributed by atoms with van der Waals surface area (Å²) in [5.74, 6) is -0.604. The van der Waals surface area contributed by atoms with E-state index < -0.39 is 12.1 Å². The maximum absolute atomic E-state index is 12.9. The molecule has 0 radical (unpaired) electrons. The molecule has 2 aromatic carbocycles. The Labute approximate surface area is 153 Å². The van der Waals surface area contributed by atoms with Gasteiger partial charge in [-0.05, 0) is 18.1 Å². The predicted molar refractivity (Wildman–Crippen MR) is 97.6 cm³/mol. The third-order valence-corrected chi connectivity index (χ3v) is 4.49. The van der Waals surface area contributed by atoms with Gasteiger partial charge in [0.05, 0.1) is 19.6 Å². The molecule has 5 heteroatoms. The zero-order valence-electron chi connectivity index (χ0n) is 14.9. The lowest BCUT2D eigenvalue weighted by Gasteiger charge is -2.30. The van der Waals surface area contributed by atoms with E-state index in [1.165, 1.54) is 0 Å². The maximum atomic E-state index is 12.9. The Morgan fingerprint density at radius 3 is 2.38 bits per heavy atom. The van der Waals surface area contributed by atoms with Gasteiger partial charge in [0.2, 0.25) is 6.10 Å². The summed E-state index contributed by atoms with van der Waals surface area (Å²) in [6.45, 7) is 3.99. The molecule has 0 unspecified atom stereocenters. The predicted octanol–water partition coefficient (Wildman–Crippen LogP) is 2.68. The van der Waals surface area contributed by atoms with Crippen molar-refractivity contribution in [2.24, 2.45) is 0 Å². The number of carbonyl (C=O) groups excluding carboxylic acids is 2. The Morgan fingerprint density at radius 1 is 1.04 bits per heavy atom. The van der Waals surface area contributed by atoms with Gasteiger partial charge in [-0.25, -0.2) is 0 Å². The van der Waals surface area contributed by atoms with Crippen LogP contribution in [0.25, 0.3) is 0 Å². The molecule has 1 fully saturated rings. The van der Waals surface area contributed by atoms with Crippen LogP contribution in [0.1, 0.15) is 22.8 Å². The average Bonchev–Trinajstić information content (AvgIpc) is 2.69. The van der Waals surface area contributed by atoms with Gasteiger partial charge in [-0.3, -0.25) is 9.59 Å². The first-order valence-corrected chi connectivity index (χ1v) is 8.80. The Kier molecular flexibility index (Phi) is 6.02. The first kappa shape index (κ1) is 18.1. The smallest absolute Gasteiger partial charge is 0.311 e. The second-order valence-corrected chi connectivity index (χ2v) is 6.32. The second kappa shape index (κ2) is 8.63. The van der Waals surface area contributed by atoms with E-state index >= 15 is 0 Å². The lowest BCUT2D eigenvalue weighted by atomic mass is 10.1. The van der Waals surface area contributed by atoms with Crippen molar-refractivity contribution < 1.29 is 19.1 Å². The SMILES string of the molecule is Cc1ccccc1CC(=O)O[C@@H](C(=O)N1CCOCC1)c1ccccc1. The standard InChI is InChI=1S/C21H23NO4/c1-16-7-5-6-10-18(16)15-19(23)26-20(17-8-3-2-4-9-17)21(24)22-11-13-25-14-12-22/h2-10,20H,11-15H2,1H3/t20-/m1/s1. The van der Waals surface area contributed by atoms with Crippen molar-refractivity contribution in [3.63, 3.8) is 0 Å². The van der Waals surface area contributed by atoms with E-state index in [0.29, 0.717) is 31.9 Å². The number of ether oxygens (including phenoxy) is 2. The van der Waals surface area contributed by atoms with Gasteiger partial charge in [-0.1, -0.05) is 54.6 Å². The fraction of sp³-hybridized carbons (Fsp3) is 0.333. The highest BCUT2D eigenvalue weighted by molar-refractivity contribution is 5.85. The number of aryl methyl sites for hydroxylation is 1. The largest absolute Gasteiger partial charge is 0.447 e. The molecule has 1 atom stereocenters. The molecule has 3 rings (SSSR count). The number of rotatable bonds is 5. The number of amides is 1. The van der Waals surface area contributed by atoms with Crippen LogP contribution in [0, 0.1) is 6.92 Å². The van der Waals surface area contributed by atoms with Gasteiger partial charge < -0.3 is 14.4 Å². The Hall–Kier alpha value is -2.66. The van der Waals surface area contributed by atoms with Crippen molar-refractivity contribution in [2.75, 3.05) is 26.3 Å². The molecule has 1 heterocycles. The fourth-order valence-corrected chi connectivity index (χ4v) is 2.98. The molecule has 0 N–H and O–H groups in total. The van der Waals surface area contributed by atoms with E-state index in [4.69, 9.17) is 9.47 Å². The molecular weight excluding hydrogens is 330 g/mol. The van der Waals surface area contributed by atoms with Crippen molar-refractivity contribution in [2.45, 2.75) is 19.4 Å². The van der Waals surface area contributed by atoms with Crippen molar-refractivity contribution in [1.82, 2.24) is 4.90 Å². The molecule has 26 heavy (non-hydrogen) atoms. The molecule has 2 aromatic rings. The molecule has 0 aliphatic carbocycles. The molecule has 5 nitrogen and oxygen atoms in total. The van der Waals surface area contributed by atoms with Crippen LogP contribution < -0.4 is 0 Å². The third-order valence-electron chi connectivity index (χ3n) is 4.49. The van der Waals surface area contributed by atoms with Gasteiger partial charge in [0.15, 0.2) is 0 Å². The van der Waals surface area contributed by atoms with Gasteiger partial charge in [0.1, 0.15) is 0 Å². The molecule has 0 aromatic heterocycles. The minimum absolute atomic E-state index is 0.145. The number of carbonyl (C=O) groups is 2. The van der Waals surface area contributed by atoms with Crippen LogP contribution in [0.4, 0.5) is 0 Å². The first-order chi connectivity index (χ1) is 12.6. The quantitative estimate of drug-likeness (QED) is 0.776. The van der Waals surface area contributed by atoms with Crippen molar-refractivity contribution in [1.29, 1.82) is 0 Å². The summed E-state index contributed by atoms with van der Waals surface area (Å²) in [6.07, 6.45) is -0.780. The van der Waals surface area contributed by atoms with Crippen LogP contribution in [0.3, 0.4) is 0 Å². The number of hydrogen-bond acceptors (Lipinski definition) is 4. The maximum Gasteiger partial charge on any atom is 0.311 e. The van der Waals surface area contributed by atoms with E-state index in [-0.39, 0.29) is 12.3 Å². The van der Waals surface area contributed by atoms with Gasteiger partial charge in [0, 0.05) is 18.7 Å². The van der Waals surface area contributed by atoms with Crippen molar-refractivity contribution in [3.05, 3.63) is 71.3 Å². The third kappa shape index (κ3) is 4.49. The van der Waals surface area contributed by atoms with Crippen LogP contribution in [-0.4, -0.2) is 43.1 Å². The summed E-state index contributed by atoms with van der Waals surface area (Å²) in [7, 11) is 0. The van der Waals surface area contributed by atoms with Gasteiger partial charge in [-0.2, -0.15) is 0 Å². The number of benzene rings is 2. The molecule has 1 aliphatic rings. The van der Waals surface area contributed by atoms with Crippen LogP contribution in [0.5, 0.6) is 0 Å². The Morgan fingerprint density at radius 2 is 1.69 bits per heavy atom. The van der Waals surface area contributed by atoms with Crippen LogP contribution in [0.2, 0.25) is 0 Å². The Bertz CT molecular complexity index is 754. The summed E-state index contributed by atoms with van der Waals surface area (Å²) in [5, 5.41) is 0. The zero-order chi connectivity index (χ0) is 18.4. The van der Waals surface area contributed by atoms with E-state index in [0.717, 1.165) is 11.1 Å². The highest BCUT2D eigenvalue weighted by Gasteiger charge is 2.30. The van der Waals surface area contributed by atoms with E-state index in [1.54, 1.807) is 4.90 Å². The number of morpholine rings is 1. The summed E-state index contributed by atoms with van der Waals surface area (Å²) >= 11 is 0. The number of hydrogen-bond donors (Lipinski definition) is 0. The summed E-state index contributed by atoms with van der Waals surface area (Å²) in [6, 6.07) is 16.8. The van der Waals surface area contributed by atoms with E-state index in [9.17, 15) is 9.59 Å². The van der Waals surface area contributed by atoms with E-state index in [1.807, 2.05) is 61.5 Å². The number of esters is 1. The van der Waals surface area contributed by atoms with Crippen LogP contribution >= 0.6 is 0 Å². The van der Waals surface area contributed by atoms with Gasteiger partial charge >= 0.3 is 5.97 Å². The molecule has 1 saturated heterocycles. The highest BCUT2D eigenvalue weighted by Crippen LogP contribution is 2.22. The minimum Gasteiger partial charge on any atom is -0.447 e. The zero-order valence-corrected chi connectivity index (χ0v) is 14.9. The average molecular weight is 353 g/mol. The van der Waals surface area contributed by atoms with Crippen LogP contribution in [0.15, 0.2) is 54.6 Å². The molecule has 1 aliphatic heterocycles. The summed E-state index contributed by atoms with van der Waals surface area (Å²) in [4.78, 5) is 27.2. The molecule has 1 amide bonds. The van der Waals surface area contributed by atoms with Crippen LogP contribution in [-0.2, 0) is 25.5 Å². The van der Waals surface area contributed by atoms with E-state index in [2.05, 4.69) is 0 Å². The summed E-state index contributed by atoms with van der Waals surface area (Å²) in [5.41, 5.74) is 2.62. The second-order valence-electron chi connectivity index (χ2n) is 6.32. The molecule has 0 saturated carbocycles. The molecule has 136 valence electrons. The number of nitrogens with zero attached hydrogens (tertiary/aromatic N) is 1. The Balaban J connectivity index is 1.76. The topological polar surface area (TPSA) is 55.8 Å². The molecule has 0 bridgehead atoms.